The van der Waals surface area contributed by atoms with Gasteiger partial charge in [0.05, 0.1) is 16.7 Å². The van der Waals surface area contributed by atoms with Gasteiger partial charge in [-0.05, 0) is 115 Å². The summed E-state index contributed by atoms with van der Waals surface area (Å²) in [6, 6.07) is 96.9. The molecule has 0 aliphatic heterocycles. The van der Waals surface area contributed by atoms with Gasteiger partial charge in [0.1, 0.15) is 0 Å². The van der Waals surface area contributed by atoms with Gasteiger partial charge in [0, 0.05) is 33.4 Å². The lowest BCUT2D eigenvalue weighted by Crippen LogP contribution is -2.10. The maximum atomic E-state index is 2.44. The van der Waals surface area contributed by atoms with Gasteiger partial charge in [0.15, 0.2) is 0 Å². The van der Waals surface area contributed by atoms with Crippen LogP contribution in [0.2, 0.25) is 0 Å². The first-order chi connectivity index (χ1) is 32.8. The van der Waals surface area contributed by atoms with Crippen LogP contribution in [-0.2, 0) is 0 Å². The highest BCUT2D eigenvalue weighted by molar-refractivity contribution is 6.10. The van der Waals surface area contributed by atoms with Crippen LogP contribution in [0.3, 0.4) is 0 Å². The summed E-state index contributed by atoms with van der Waals surface area (Å²) in [6.45, 7) is 0. The van der Waals surface area contributed by atoms with E-state index in [2.05, 4.69) is 276 Å². The maximum absolute atomic E-state index is 2.44. The van der Waals surface area contributed by atoms with Crippen molar-refractivity contribution in [2.75, 3.05) is 4.90 Å². The van der Waals surface area contributed by atoms with E-state index >= 15 is 0 Å². The monoisotopic (exact) mass is 840 g/mol. The summed E-state index contributed by atoms with van der Waals surface area (Å²) in [4.78, 5) is 2.41. The number of hydrogen-bond acceptors (Lipinski definition) is 1. The average Bonchev–Trinajstić information content (AvgIpc) is 3.74. The normalized spacial score (nSPS) is 11.3. The molecule has 0 saturated heterocycles. The molecule has 66 heavy (non-hydrogen) atoms. The highest BCUT2D eigenvalue weighted by Crippen LogP contribution is 2.45. The third-order valence-corrected chi connectivity index (χ3v) is 13.0. The molecule has 0 saturated carbocycles. The largest absolute Gasteiger partial charge is 0.310 e. The predicted molar refractivity (Wildman–Crippen MR) is 280 cm³/mol. The van der Waals surface area contributed by atoms with E-state index < -0.39 is 0 Å². The molecule has 0 atom stereocenters. The Kier molecular flexibility index (Phi) is 9.89. The number of hydrogen-bond donors (Lipinski definition) is 0. The van der Waals surface area contributed by atoms with Crippen molar-refractivity contribution in [1.82, 2.24) is 4.57 Å². The number of aromatic nitrogens is 1. The van der Waals surface area contributed by atoms with Crippen LogP contribution in [0.25, 0.3) is 93.9 Å². The van der Waals surface area contributed by atoms with E-state index in [0.29, 0.717) is 0 Å². The zero-order valence-electron chi connectivity index (χ0n) is 36.3. The van der Waals surface area contributed by atoms with Gasteiger partial charge in [-0.15, -0.1) is 0 Å². The summed E-state index contributed by atoms with van der Waals surface area (Å²) in [5.41, 5.74) is 18.6. The average molecular weight is 841 g/mol. The van der Waals surface area contributed by atoms with E-state index in [9.17, 15) is 0 Å². The molecule has 2 heteroatoms. The molecule has 0 radical (unpaired) electrons. The molecule has 0 aliphatic carbocycles. The van der Waals surface area contributed by atoms with Crippen molar-refractivity contribution in [2.45, 2.75) is 0 Å². The summed E-state index contributed by atoms with van der Waals surface area (Å²) in [7, 11) is 0. The van der Waals surface area contributed by atoms with Crippen molar-refractivity contribution < 1.29 is 0 Å². The van der Waals surface area contributed by atoms with Crippen molar-refractivity contribution >= 4 is 49.6 Å². The zero-order valence-corrected chi connectivity index (χ0v) is 36.3. The molecule has 0 fully saturated rings. The van der Waals surface area contributed by atoms with Crippen LogP contribution in [0.4, 0.5) is 17.1 Å². The van der Waals surface area contributed by atoms with E-state index in [1.807, 2.05) is 0 Å². The number of benzene rings is 11. The Morgan fingerprint density at radius 1 is 0.227 bits per heavy atom. The molecular weight excluding hydrogens is 797 g/mol. The fourth-order valence-corrected chi connectivity index (χ4v) is 9.95. The van der Waals surface area contributed by atoms with Crippen molar-refractivity contribution in [3.63, 3.8) is 0 Å². The molecule has 12 aromatic rings. The molecule has 0 spiro atoms. The fraction of sp³-hybridized carbons (Fsp3) is 0. The van der Waals surface area contributed by atoms with Crippen molar-refractivity contribution in [3.05, 3.63) is 267 Å². The molecule has 0 N–H and O–H groups in total. The molecule has 11 aromatic carbocycles. The molecule has 0 bridgehead atoms. The Balaban J connectivity index is 1.05. The Bertz CT molecular complexity index is 3630. The number of rotatable bonds is 9. The summed E-state index contributed by atoms with van der Waals surface area (Å²) in [5, 5.41) is 4.97. The zero-order chi connectivity index (χ0) is 43.8. The highest BCUT2D eigenvalue weighted by atomic mass is 15.1. The molecule has 0 aliphatic rings. The Hall–Kier alpha value is -8.72. The quantitative estimate of drug-likeness (QED) is 0.141. The smallest absolute Gasteiger partial charge is 0.0541 e. The van der Waals surface area contributed by atoms with Crippen LogP contribution in [0.15, 0.2) is 267 Å². The molecule has 1 heterocycles. The van der Waals surface area contributed by atoms with E-state index in [1.54, 1.807) is 0 Å². The van der Waals surface area contributed by atoms with Crippen LogP contribution in [-0.4, -0.2) is 4.57 Å². The van der Waals surface area contributed by atoms with Crippen LogP contribution in [0, 0.1) is 0 Å². The van der Waals surface area contributed by atoms with Crippen molar-refractivity contribution in [1.29, 1.82) is 0 Å². The second-order valence-electron chi connectivity index (χ2n) is 16.9. The summed E-state index contributed by atoms with van der Waals surface area (Å²) < 4.78 is 2.44. The first kappa shape index (κ1) is 38.9. The summed E-state index contributed by atoms with van der Waals surface area (Å²) in [6.07, 6.45) is 0. The van der Waals surface area contributed by atoms with Crippen molar-refractivity contribution in [3.8, 4) is 61.3 Å². The first-order valence-corrected chi connectivity index (χ1v) is 22.7. The van der Waals surface area contributed by atoms with Gasteiger partial charge in [-0.2, -0.15) is 0 Å². The third-order valence-electron chi connectivity index (χ3n) is 13.0. The minimum absolute atomic E-state index is 1.07. The number of para-hydroxylation sites is 3. The highest BCUT2D eigenvalue weighted by Gasteiger charge is 2.21. The topological polar surface area (TPSA) is 8.17 Å². The number of nitrogens with zero attached hydrogens (tertiary/aromatic N) is 2. The second kappa shape index (κ2) is 16.8. The van der Waals surface area contributed by atoms with Gasteiger partial charge in [0.2, 0.25) is 0 Å². The van der Waals surface area contributed by atoms with Gasteiger partial charge in [-0.3, -0.25) is 0 Å². The van der Waals surface area contributed by atoms with Gasteiger partial charge in [-0.1, -0.05) is 212 Å². The van der Waals surface area contributed by atoms with Gasteiger partial charge < -0.3 is 9.47 Å². The minimum Gasteiger partial charge on any atom is -0.310 e. The maximum Gasteiger partial charge on any atom is 0.0541 e. The molecule has 12 rings (SSSR count). The third kappa shape index (κ3) is 6.93. The lowest BCUT2D eigenvalue weighted by molar-refractivity contribution is 1.18. The second-order valence-corrected chi connectivity index (χ2v) is 16.9. The van der Waals surface area contributed by atoms with E-state index in [-0.39, 0.29) is 0 Å². The van der Waals surface area contributed by atoms with E-state index in [1.165, 1.54) is 71.5 Å². The first-order valence-electron chi connectivity index (χ1n) is 22.7. The Labute approximate surface area is 385 Å². The number of fused-ring (bicyclic) bond motifs is 4. The van der Waals surface area contributed by atoms with Crippen molar-refractivity contribution in [2.24, 2.45) is 0 Å². The van der Waals surface area contributed by atoms with E-state index in [4.69, 9.17) is 0 Å². The molecule has 310 valence electrons. The van der Waals surface area contributed by atoms with Gasteiger partial charge in [-0.25, -0.2) is 0 Å². The van der Waals surface area contributed by atoms with Crippen LogP contribution in [0.5, 0.6) is 0 Å². The Morgan fingerprint density at radius 2 is 0.667 bits per heavy atom. The molecular formula is C64H44N2. The molecule has 1 aromatic heterocycles. The molecule has 0 unspecified atom stereocenters. The molecule has 0 amide bonds. The Morgan fingerprint density at radius 3 is 1.30 bits per heavy atom. The lowest BCUT2D eigenvalue weighted by Gasteiger charge is -2.28. The predicted octanol–water partition coefficient (Wildman–Crippen LogP) is 17.7. The standard InChI is InChI=1S/C64H44N2/c1-4-19-45(20-5-1)46-35-37-50(38-36-46)65(51-26-18-25-49(43-51)54-42-41-53(47-21-6-2-7-22-47)55-27-10-11-28-56(54)55)52-39-40-57(61(44-52)48-23-8-3-9-24-48)58-29-12-15-32-62(58)66-63-33-16-13-30-59(63)60-31-14-17-34-64(60)66/h1-44H. The SMILES string of the molecule is c1ccc(-c2ccc(N(c3cccc(-c4ccc(-c5ccccc5)c5ccccc45)c3)c3ccc(-c4ccccc4-n4c5ccccc5c5ccccc54)c(-c4ccccc4)c3)cc2)cc1. The van der Waals surface area contributed by atoms with Crippen LogP contribution >= 0.6 is 0 Å². The fourth-order valence-electron chi connectivity index (χ4n) is 9.95. The van der Waals surface area contributed by atoms with E-state index in [0.717, 1.165) is 39.4 Å². The van der Waals surface area contributed by atoms with Crippen LogP contribution < -0.4 is 4.90 Å². The minimum atomic E-state index is 1.07. The summed E-state index contributed by atoms with van der Waals surface area (Å²) >= 11 is 0. The van der Waals surface area contributed by atoms with Gasteiger partial charge >= 0.3 is 0 Å². The van der Waals surface area contributed by atoms with Gasteiger partial charge in [0.25, 0.3) is 0 Å². The van der Waals surface area contributed by atoms with Crippen LogP contribution in [0.1, 0.15) is 0 Å². The summed E-state index contributed by atoms with van der Waals surface area (Å²) in [5.74, 6) is 0. The molecule has 2 nitrogen and oxygen atoms in total. The number of anilines is 3. The lowest BCUT2D eigenvalue weighted by atomic mass is 9.91.